The van der Waals surface area contributed by atoms with Crippen LogP contribution in [0, 0.1) is 17.5 Å². The lowest BCUT2D eigenvalue weighted by atomic mass is 9.94. The van der Waals surface area contributed by atoms with E-state index in [1.165, 1.54) is 12.1 Å². The highest BCUT2D eigenvalue weighted by Crippen LogP contribution is 2.26. The molecule has 162 valence electrons. The Bertz CT molecular complexity index is 1050. The maximum Gasteiger partial charge on any atom is 0.255 e. The average Bonchev–Trinajstić information content (AvgIpc) is 2.67. The minimum absolute atomic E-state index is 0.117. The van der Waals surface area contributed by atoms with Crippen molar-refractivity contribution in [2.24, 2.45) is 0 Å². The quantitative estimate of drug-likeness (QED) is 0.592. The van der Waals surface area contributed by atoms with E-state index in [2.05, 4.69) is 10.0 Å². The molecule has 1 aliphatic rings. The highest BCUT2D eigenvalue weighted by molar-refractivity contribution is 7.89. The first-order valence-corrected chi connectivity index (χ1v) is 10.9. The number of halogens is 4. The van der Waals surface area contributed by atoms with Gasteiger partial charge in [0.05, 0.1) is 11.1 Å². The number of nitrogens with one attached hydrogen (secondary N) is 2. The Morgan fingerprint density at radius 3 is 2.23 bits per heavy atom. The van der Waals surface area contributed by atoms with Crippen molar-refractivity contribution >= 4 is 33.2 Å². The Kier molecular flexibility index (Phi) is 6.71. The van der Waals surface area contributed by atoms with Gasteiger partial charge < -0.3 is 10.4 Å². The number of sulfonamides is 1. The van der Waals surface area contributed by atoms with Crippen LogP contribution in [0.1, 0.15) is 36.0 Å². The average molecular weight is 463 g/mol. The van der Waals surface area contributed by atoms with Gasteiger partial charge >= 0.3 is 0 Å². The van der Waals surface area contributed by atoms with Crippen LogP contribution in [-0.4, -0.2) is 31.6 Å². The molecular weight excluding hydrogens is 445 g/mol. The number of amides is 1. The molecule has 0 saturated heterocycles. The molecule has 0 aliphatic heterocycles. The Hall–Kier alpha value is -2.14. The highest BCUT2D eigenvalue weighted by Gasteiger charge is 2.27. The monoisotopic (exact) mass is 462 g/mol. The molecule has 1 aliphatic carbocycles. The second-order valence-electron chi connectivity index (χ2n) is 6.98. The van der Waals surface area contributed by atoms with Crippen molar-refractivity contribution in [2.75, 3.05) is 5.32 Å². The second-order valence-corrected chi connectivity index (χ2v) is 9.07. The summed E-state index contributed by atoms with van der Waals surface area (Å²) in [5.74, 6) is -5.50. The normalized spacial score (nSPS) is 19.5. The van der Waals surface area contributed by atoms with Crippen molar-refractivity contribution < 1.29 is 31.5 Å². The topological polar surface area (TPSA) is 95.5 Å². The van der Waals surface area contributed by atoms with Crippen molar-refractivity contribution in [1.82, 2.24) is 4.72 Å². The summed E-state index contributed by atoms with van der Waals surface area (Å²) in [6.07, 6.45) is 1.39. The third-order valence-corrected chi connectivity index (χ3v) is 6.75. The van der Waals surface area contributed by atoms with E-state index in [1.54, 1.807) is 0 Å². The van der Waals surface area contributed by atoms with E-state index in [-0.39, 0.29) is 27.2 Å². The van der Waals surface area contributed by atoms with E-state index in [4.69, 9.17) is 11.6 Å². The highest BCUT2D eigenvalue weighted by atomic mass is 35.5. The van der Waals surface area contributed by atoms with Crippen LogP contribution < -0.4 is 10.0 Å². The van der Waals surface area contributed by atoms with E-state index in [9.17, 15) is 31.5 Å². The summed E-state index contributed by atoms with van der Waals surface area (Å²) in [5.41, 5.74) is -0.473. The van der Waals surface area contributed by atoms with Gasteiger partial charge in [0.25, 0.3) is 5.91 Å². The Morgan fingerprint density at radius 2 is 1.63 bits per heavy atom. The standard InChI is InChI=1S/C19H18ClF3N2O4S/c20-14-6-1-10(19(27)24-12-8-15(21)18(23)16(22)9-12)7-17(14)30(28,29)25-11-2-4-13(26)5-3-11/h1,6-9,11,13,25-26H,2-5H2,(H,24,27). The number of aliphatic hydroxyl groups is 1. The lowest BCUT2D eigenvalue weighted by Gasteiger charge is -2.26. The molecule has 3 N–H and O–H groups in total. The van der Waals surface area contributed by atoms with Crippen LogP contribution in [0.15, 0.2) is 35.2 Å². The van der Waals surface area contributed by atoms with Gasteiger partial charge in [-0.05, 0) is 43.9 Å². The molecule has 3 rings (SSSR count). The van der Waals surface area contributed by atoms with Gasteiger partial charge in [0, 0.05) is 29.4 Å². The van der Waals surface area contributed by atoms with Crippen LogP contribution >= 0.6 is 11.6 Å². The number of rotatable bonds is 5. The van der Waals surface area contributed by atoms with E-state index in [1.807, 2.05) is 0 Å². The zero-order valence-electron chi connectivity index (χ0n) is 15.5. The lowest BCUT2D eigenvalue weighted by molar-refractivity contribution is 0.102. The van der Waals surface area contributed by atoms with E-state index in [0.29, 0.717) is 37.8 Å². The van der Waals surface area contributed by atoms with Crippen LogP contribution in [-0.2, 0) is 10.0 Å². The molecule has 2 aromatic rings. The summed E-state index contributed by atoms with van der Waals surface area (Å²) in [6, 6.07) is 4.31. The molecule has 30 heavy (non-hydrogen) atoms. The van der Waals surface area contributed by atoms with Crippen molar-refractivity contribution in [3.05, 3.63) is 58.4 Å². The molecule has 1 saturated carbocycles. The van der Waals surface area contributed by atoms with Crippen LogP contribution in [0.3, 0.4) is 0 Å². The van der Waals surface area contributed by atoms with Gasteiger partial charge in [0.15, 0.2) is 17.5 Å². The predicted molar refractivity (Wildman–Crippen MR) is 104 cm³/mol. The van der Waals surface area contributed by atoms with Crippen LogP contribution in [0.25, 0.3) is 0 Å². The predicted octanol–water partition coefficient (Wildman–Crippen LogP) is 3.59. The zero-order chi connectivity index (χ0) is 22.1. The summed E-state index contributed by atoms with van der Waals surface area (Å²) >= 11 is 6.01. The molecule has 0 unspecified atom stereocenters. The number of carbonyl (C=O) groups excluding carboxylic acids is 1. The number of hydrogen-bond acceptors (Lipinski definition) is 4. The first kappa shape index (κ1) is 22.5. The number of benzene rings is 2. The van der Waals surface area contributed by atoms with Crippen LogP contribution in [0.5, 0.6) is 0 Å². The minimum atomic E-state index is -4.07. The molecule has 0 spiro atoms. The molecule has 1 fully saturated rings. The first-order chi connectivity index (χ1) is 14.1. The molecule has 0 radical (unpaired) electrons. The smallest absolute Gasteiger partial charge is 0.255 e. The molecule has 11 heteroatoms. The molecule has 0 bridgehead atoms. The molecule has 0 aromatic heterocycles. The molecule has 0 atom stereocenters. The van der Waals surface area contributed by atoms with Gasteiger partial charge in [-0.15, -0.1) is 0 Å². The molecular formula is C19H18ClF3N2O4S. The third kappa shape index (κ3) is 5.12. The van der Waals surface area contributed by atoms with Crippen molar-refractivity contribution in [3.8, 4) is 0 Å². The second kappa shape index (κ2) is 8.93. The van der Waals surface area contributed by atoms with Gasteiger partial charge in [-0.2, -0.15) is 0 Å². The Balaban J connectivity index is 1.81. The van der Waals surface area contributed by atoms with Crippen LogP contribution in [0.4, 0.5) is 18.9 Å². The molecule has 1 amide bonds. The maximum absolute atomic E-state index is 13.3. The Labute approximate surface area is 176 Å². The van der Waals surface area contributed by atoms with Gasteiger partial charge in [-0.3, -0.25) is 4.79 Å². The fourth-order valence-electron chi connectivity index (χ4n) is 3.16. The molecule has 2 aromatic carbocycles. The number of carbonyl (C=O) groups is 1. The summed E-state index contributed by atoms with van der Waals surface area (Å²) in [6.45, 7) is 0. The summed E-state index contributed by atoms with van der Waals surface area (Å²) in [5, 5.41) is 11.6. The number of aliphatic hydroxyl groups excluding tert-OH is 1. The number of hydrogen-bond donors (Lipinski definition) is 3. The fraction of sp³-hybridized carbons (Fsp3) is 0.316. The van der Waals surface area contributed by atoms with Gasteiger partial charge in [0.2, 0.25) is 10.0 Å². The minimum Gasteiger partial charge on any atom is -0.393 e. The SMILES string of the molecule is O=C(Nc1cc(F)c(F)c(F)c1)c1ccc(Cl)c(S(=O)(=O)NC2CCC(O)CC2)c1. The van der Waals surface area contributed by atoms with Gasteiger partial charge in [-0.1, -0.05) is 11.6 Å². The van der Waals surface area contributed by atoms with Crippen molar-refractivity contribution in [3.63, 3.8) is 0 Å². The summed E-state index contributed by atoms with van der Waals surface area (Å²) in [7, 11) is -4.07. The summed E-state index contributed by atoms with van der Waals surface area (Å²) < 4.78 is 67.7. The largest absolute Gasteiger partial charge is 0.393 e. The van der Waals surface area contributed by atoms with E-state index >= 15 is 0 Å². The van der Waals surface area contributed by atoms with Gasteiger partial charge in [-0.25, -0.2) is 26.3 Å². The third-order valence-electron chi connectivity index (χ3n) is 4.74. The summed E-state index contributed by atoms with van der Waals surface area (Å²) in [4.78, 5) is 12.1. The Morgan fingerprint density at radius 1 is 1.03 bits per heavy atom. The van der Waals surface area contributed by atoms with Gasteiger partial charge in [0.1, 0.15) is 4.90 Å². The lowest BCUT2D eigenvalue weighted by Crippen LogP contribution is -2.38. The zero-order valence-corrected chi connectivity index (χ0v) is 17.0. The fourth-order valence-corrected chi connectivity index (χ4v) is 4.99. The molecule has 6 nitrogen and oxygen atoms in total. The van der Waals surface area contributed by atoms with E-state index in [0.717, 1.165) is 6.07 Å². The van der Waals surface area contributed by atoms with Crippen LogP contribution in [0.2, 0.25) is 5.02 Å². The molecule has 0 heterocycles. The van der Waals surface area contributed by atoms with E-state index < -0.39 is 39.5 Å². The van der Waals surface area contributed by atoms with Crippen molar-refractivity contribution in [1.29, 1.82) is 0 Å². The van der Waals surface area contributed by atoms with Crippen molar-refractivity contribution in [2.45, 2.75) is 42.7 Å². The first-order valence-electron chi connectivity index (χ1n) is 9.02. The number of anilines is 1. The maximum atomic E-state index is 13.3.